The van der Waals surface area contributed by atoms with Gasteiger partial charge in [0.25, 0.3) is 0 Å². The van der Waals surface area contributed by atoms with Crippen LogP contribution in [0.25, 0.3) is 0 Å². The summed E-state index contributed by atoms with van der Waals surface area (Å²) in [6, 6.07) is 6.25. The van der Waals surface area contributed by atoms with E-state index in [1.807, 2.05) is 6.92 Å². The maximum absolute atomic E-state index is 5.92. The highest BCUT2D eigenvalue weighted by Gasteiger charge is 2.07. The summed E-state index contributed by atoms with van der Waals surface area (Å²) in [7, 11) is 0. The number of nitrogens with zero attached hydrogens (tertiary/aromatic N) is 1. The fourth-order valence-corrected chi connectivity index (χ4v) is 2.92. The van der Waals surface area contributed by atoms with Crippen LogP contribution in [0.15, 0.2) is 34.8 Å². The lowest BCUT2D eigenvalue weighted by Gasteiger charge is -2.16. The number of guanidine groups is 1. The summed E-state index contributed by atoms with van der Waals surface area (Å²) in [4.78, 5) is 4.74. The predicted molar refractivity (Wildman–Crippen MR) is 114 cm³/mol. The van der Waals surface area contributed by atoms with E-state index >= 15 is 0 Å². The zero-order valence-corrected chi connectivity index (χ0v) is 17.6. The van der Waals surface area contributed by atoms with Gasteiger partial charge in [0.1, 0.15) is 12.4 Å². The second-order valence-corrected chi connectivity index (χ2v) is 6.72. The molecule has 0 atom stereocenters. The molecule has 0 saturated heterocycles. The van der Waals surface area contributed by atoms with Crippen LogP contribution >= 0.6 is 0 Å². The van der Waals surface area contributed by atoms with Crippen LogP contribution in [0, 0.1) is 6.92 Å². The van der Waals surface area contributed by atoms with Crippen molar-refractivity contribution in [2.75, 3.05) is 46.1 Å². The van der Waals surface area contributed by atoms with E-state index in [4.69, 9.17) is 19.2 Å². The van der Waals surface area contributed by atoms with E-state index in [2.05, 4.69) is 48.8 Å². The molecule has 1 heterocycles. The maximum atomic E-state index is 5.92. The molecule has 2 N–H and O–H groups in total. The van der Waals surface area contributed by atoms with Gasteiger partial charge in [0, 0.05) is 25.3 Å². The van der Waals surface area contributed by atoms with E-state index in [1.165, 1.54) is 11.1 Å². The lowest BCUT2D eigenvalue weighted by atomic mass is 10.1. The third-order valence-electron chi connectivity index (χ3n) is 4.46. The Morgan fingerprint density at radius 1 is 1.21 bits per heavy atom. The van der Waals surface area contributed by atoms with Gasteiger partial charge in [-0.15, -0.1) is 0 Å². The molecule has 0 saturated carbocycles. The number of rotatable bonds is 11. The molecule has 6 nitrogen and oxygen atoms in total. The van der Waals surface area contributed by atoms with Gasteiger partial charge in [-0.25, -0.2) is 4.99 Å². The minimum atomic E-state index is 0.547. The van der Waals surface area contributed by atoms with Crippen LogP contribution < -0.4 is 15.4 Å². The Hall–Kier alpha value is -2.05. The van der Waals surface area contributed by atoms with Gasteiger partial charge in [0.2, 0.25) is 0 Å². The zero-order chi connectivity index (χ0) is 20.0. The van der Waals surface area contributed by atoms with Crippen molar-refractivity contribution in [2.45, 2.75) is 40.2 Å². The van der Waals surface area contributed by atoms with E-state index in [0.717, 1.165) is 56.4 Å². The summed E-state index contributed by atoms with van der Waals surface area (Å²) in [5.41, 5.74) is 3.71. The van der Waals surface area contributed by atoms with Crippen LogP contribution in [0.5, 0.6) is 5.75 Å². The van der Waals surface area contributed by atoms with Gasteiger partial charge in [0.05, 0.1) is 26.4 Å². The number of nitrogens with one attached hydrogen (secondary N) is 2. The molecule has 0 aliphatic carbocycles. The van der Waals surface area contributed by atoms with Gasteiger partial charge < -0.3 is 24.8 Å². The molecule has 1 aromatic rings. The molecule has 0 fully saturated rings. The van der Waals surface area contributed by atoms with Crippen molar-refractivity contribution >= 4 is 5.96 Å². The van der Waals surface area contributed by atoms with Gasteiger partial charge >= 0.3 is 0 Å². The first-order chi connectivity index (χ1) is 13.7. The summed E-state index contributed by atoms with van der Waals surface area (Å²) >= 11 is 0. The molecule has 1 aromatic carbocycles. The Morgan fingerprint density at radius 2 is 2.11 bits per heavy atom. The van der Waals surface area contributed by atoms with Gasteiger partial charge in [-0.2, -0.15) is 0 Å². The van der Waals surface area contributed by atoms with Gasteiger partial charge in [-0.1, -0.05) is 23.8 Å². The standard InChI is InChI=1S/C22H35N3O3/c1-4-23-22(24-11-8-19-9-12-27-13-10-19)25-17-20-7-6-18(3)16-21(20)28-15-14-26-5-2/h6-7,9,16H,4-5,8,10-15,17H2,1-3H3,(H2,23,24,25). The smallest absolute Gasteiger partial charge is 0.191 e. The van der Waals surface area contributed by atoms with Crippen molar-refractivity contribution in [3.05, 3.63) is 41.0 Å². The van der Waals surface area contributed by atoms with Crippen LogP contribution in [0.2, 0.25) is 0 Å². The molecule has 0 radical (unpaired) electrons. The summed E-state index contributed by atoms with van der Waals surface area (Å²) < 4.78 is 16.6. The largest absolute Gasteiger partial charge is 0.491 e. The Labute approximate surface area is 169 Å². The fraction of sp³-hybridized carbons (Fsp3) is 0.591. The molecular formula is C22H35N3O3. The quantitative estimate of drug-likeness (QED) is 0.263. The first-order valence-electron chi connectivity index (χ1n) is 10.3. The Bertz CT molecular complexity index is 644. The van der Waals surface area contributed by atoms with Gasteiger partial charge in [-0.3, -0.25) is 0 Å². The number of aryl methyl sites for hydroxylation is 1. The monoisotopic (exact) mass is 389 g/mol. The van der Waals surface area contributed by atoms with Crippen LogP contribution in [-0.2, 0) is 16.0 Å². The van der Waals surface area contributed by atoms with Crippen molar-refractivity contribution in [1.29, 1.82) is 0 Å². The number of aliphatic imine (C=N–C) groups is 1. The molecule has 0 unspecified atom stereocenters. The Balaban J connectivity index is 1.92. The highest BCUT2D eigenvalue weighted by molar-refractivity contribution is 5.79. The topological polar surface area (TPSA) is 64.1 Å². The molecule has 0 amide bonds. The number of ether oxygens (including phenoxy) is 3. The lowest BCUT2D eigenvalue weighted by molar-refractivity contribution is 0.110. The van der Waals surface area contributed by atoms with Crippen LogP contribution in [0.4, 0.5) is 0 Å². The first kappa shape index (κ1) is 22.2. The van der Waals surface area contributed by atoms with Crippen LogP contribution in [0.3, 0.4) is 0 Å². The highest BCUT2D eigenvalue weighted by Crippen LogP contribution is 2.21. The van der Waals surface area contributed by atoms with E-state index < -0.39 is 0 Å². The predicted octanol–water partition coefficient (Wildman–Crippen LogP) is 3.20. The second-order valence-electron chi connectivity index (χ2n) is 6.72. The molecular weight excluding hydrogens is 354 g/mol. The van der Waals surface area contributed by atoms with Gasteiger partial charge in [-0.05, 0) is 45.2 Å². The minimum Gasteiger partial charge on any atom is -0.491 e. The second kappa shape index (κ2) is 13.2. The van der Waals surface area contributed by atoms with E-state index in [9.17, 15) is 0 Å². The third kappa shape index (κ3) is 8.31. The van der Waals surface area contributed by atoms with Crippen LogP contribution in [0.1, 0.15) is 37.8 Å². The molecule has 28 heavy (non-hydrogen) atoms. The third-order valence-corrected chi connectivity index (χ3v) is 4.46. The van der Waals surface area contributed by atoms with E-state index in [0.29, 0.717) is 26.4 Å². The number of hydrogen-bond acceptors (Lipinski definition) is 4. The molecule has 1 aliphatic heterocycles. The molecule has 2 rings (SSSR count). The zero-order valence-electron chi connectivity index (χ0n) is 17.6. The summed E-state index contributed by atoms with van der Waals surface area (Å²) in [6.07, 6.45) is 4.23. The van der Waals surface area contributed by atoms with Crippen molar-refractivity contribution in [1.82, 2.24) is 10.6 Å². The summed E-state index contributed by atoms with van der Waals surface area (Å²) in [6.45, 7) is 11.8. The van der Waals surface area contributed by atoms with Gasteiger partial charge in [0.15, 0.2) is 5.96 Å². The highest BCUT2D eigenvalue weighted by atomic mass is 16.5. The molecule has 1 aliphatic rings. The summed E-state index contributed by atoms with van der Waals surface area (Å²) in [5.74, 6) is 1.71. The molecule has 6 heteroatoms. The number of benzene rings is 1. The van der Waals surface area contributed by atoms with Crippen molar-refractivity contribution in [3.63, 3.8) is 0 Å². The van der Waals surface area contributed by atoms with Crippen LogP contribution in [-0.4, -0.2) is 52.1 Å². The fourth-order valence-electron chi connectivity index (χ4n) is 2.92. The molecule has 0 aromatic heterocycles. The number of hydrogen-bond donors (Lipinski definition) is 2. The maximum Gasteiger partial charge on any atom is 0.191 e. The SMILES string of the molecule is CCNC(=NCc1ccc(C)cc1OCCOCC)NCCC1=CCOCC1. The molecule has 0 spiro atoms. The average molecular weight is 390 g/mol. The van der Waals surface area contributed by atoms with Crippen molar-refractivity contribution in [3.8, 4) is 5.75 Å². The Morgan fingerprint density at radius 3 is 2.86 bits per heavy atom. The van der Waals surface area contributed by atoms with E-state index in [1.54, 1.807) is 0 Å². The minimum absolute atomic E-state index is 0.547. The molecule has 156 valence electrons. The first-order valence-corrected chi connectivity index (χ1v) is 10.3. The van der Waals surface area contributed by atoms with Crippen molar-refractivity contribution in [2.24, 2.45) is 4.99 Å². The Kier molecular flexibility index (Phi) is 10.5. The molecule has 0 bridgehead atoms. The average Bonchev–Trinajstić information content (AvgIpc) is 2.71. The lowest BCUT2D eigenvalue weighted by Crippen LogP contribution is -2.38. The normalized spacial score (nSPS) is 14.5. The van der Waals surface area contributed by atoms with Crippen molar-refractivity contribution < 1.29 is 14.2 Å². The van der Waals surface area contributed by atoms with E-state index in [-0.39, 0.29) is 0 Å². The summed E-state index contributed by atoms with van der Waals surface area (Å²) in [5, 5.41) is 6.74.